The first-order valence-corrected chi connectivity index (χ1v) is 6.98. The Morgan fingerprint density at radius 1 is 1.62 bits per heavy atom. The van der Waals surface area contributed by atoms with E-state index in [0.717, 1.165) is 29.3 Å². The molecule has 0 amide bonds. The van der Waals surface area contributed by atoms with Crippen molar-refractivity contribution in [1.29, 1.82) is 0 Å². The molecule has 6 heteroatoms. The zero-order chi connectivity index (χ0) is 11.5. The van der Waals surface area contributed by atoms with Gasteiger partial charge in [0, 0.05) is 24.1 Å². The molecule has 1 fully saturated rings. The van der Waals surface area contributed by atoms with Gasteiger partial charge in [0.05, 0.1) is 17.8 Å². The summed E-state index contributed by atoms with van der Waals surface area (Å²) in [6.07, 6.45) is 1.74. The van der Waals surface area contributed by atoms with Crippen LogP contribution in [0.1, 0.15) is 6.92 Å². The minimum absolute atomic E-state index is 0.593. The van der Waals surface area contributed by atoms with Gasteiger partial charge in [-0.3, -0.25) is 0 Å². The van der Waals surface area contributed by atoms with Gasteiger partial charge in [0.25, 0.3) is 0 Å². The Morgan fingerprint density at radius 3 is 3.12 bits per heavy atom. The molecule has 0 saturated carbocycles. The summed E-state index contributed by atoms with van der Waals surface area (Å²) < 4.78 is 5.96. The van der Waals surface area contributed by atoms with E-state index in [1.807, 2.05) is 11.8 Å². The minimum Gasteiger partial charge on any atom is -0.480 e. The Kier molecular flexibility index (Phi) is 3.91. The van der Waals surface area contributed by atoms with E-state index in [0.29, 0.717) is 11.1 Å². The van der Waals surface area contributed by atoms with Gasteiger partial charge in [-0.2, -0.15) is 16.7 Å². The largest absolute Gasteiger partial charge is 0.480 e. The van der Waals surface area contributed by atoms with Gasteiger partial charge in [-0.1, -0.05) is 6.92 Å². The van der Waals surface area contributed by atoms with Gasteiger partial charge in [-0.05, 0) is 15.9 Å². The van der Waals surface area contributed by atoms with E-state index in [1.54, 1.807) is 13.3 Å². The summed E-state index contributed by atoms with van der Waals surface area (Å²) >= 11 is 5.35. The lowest BCUT2D eigenvalue weighted by molar-refractivity contribution is 0.393. The molecule has 0 aromatic carbocycles. The molecule has 0 radical (unpaired) electrons. The SMILES string of the molecule is COc1nc(N2CCSC(C)C2)ncc1Br. The lowest BCUT2D eigenvalue weighted by atomic mass is 10.4. The normalized spacial score (nSPS) is 20.9. The van der Waals surface area contributed by atoms with Crippen LogP contribution in [0.3, 0.4) is 0 Å². The fourth-order valence-electron chi connectivity index (χ4n) is 1.64. The molecule has 0 bridgehead atoms. The van der Waals surface area contributed by atoms with Crippen molar-refractivity contribution in [2.45, 2.75) is 12.2 Å². The summed E-state index contributed by atoms with van der Waals surface area (Å²) in [7, 11) is 1.62. The van der Waals surface area contributed by atoms with Crippen molar-refractivity contribution in [3.8, 4) is 5.88 Å². The Labute approximate surface area is 108 Å². The molecule has 1 aliphatic heterocycles. The molecule has 0 aliphatic carbocycles. The topological polar surface area (TPSA) is 38.2 Å². The Morgan fingerprint density at radius 2 is 2.44 bits per heavy atom. The molecular weight excluding hydrogens is 290 g/mol. The fraction of sp³-hybridized carbons (Fsp3) is 0.600. The van der Waals surface area contributed by atoms with Crippen LogP contribution in [0.4, 0.5) is 5.95 Å². The number of hydrogen-bond donors (Lipinski definition) is 0. The zero-order valence-electron chi connectivity index (χ0n) is 9.31. The number of aromatic nitrogens is 2. The third kappa shape index (κ3) is 2.60. The van der Waals surface area contributed by atoms with Gasteiger partial charge in [0.2, 0.25) is 11.8 Å². The lowest BCUT2D eigenvalue weighted by Gasteiger charge is -2.30. The lowest BCUT2D eigenvalue weighted by Crippen LogP contribution is -2.37. The van der Waals surface area contributed by atoms with E-state index in [4.69, 9.17) is 4.74 Å². The molecule has 1 unspecified atom stereocenters. The van der Waals surface area contributed by atoms with Crippen LogP contribution in [-0.4, -0.2) is 41.2 Å². The van der Waals surface area contributed by atoms with Gasteiger partial charge >= 0.3 is 0 Å². The van der Waals surface area contributed by atoms with Crippen molar-refractivity contribution in [2.75, 3.05) is 30.9 Å². The van der Waals surface area contributed by atoms with Gasteiger partial charge in [-0.25, -0.2) is 4.98 Å². The van der Waals surface area contributed by atoms with Gasteiger partial charge in [0.15, 0.2) is 0 Å². The summed E-state index contributed by atoms with van der Waals surface area (Å²) in [6.45, 7) is 4.22. The Balaban J connectivity index is 2.19. The number of halogens is 1. The third-order valence-electron chi connectivity index (χ3n) is 2.42. The van der Waals surface area contributed by atoms with Gasteiger partial charge in [0.1, 0.15) is 0 Å². The van der Waals surface area contributed by atoms with Crippen molar-refractivity contribution >= 4 is 33.6 Å². The highest BCUT2D eigenvalue weighted by molar-refractivity contribution is 9.10. The fourth-order valence-corrected chi connectivity index (χ4v) is 3.00. The van der Waals surface area contributed by atoms with E-state index >= 15 is 0 Å². The van der Waals surface area contributed by atoms with E-state index in [9.17, 15) is 0 Å². The van der Waals surface area contributed by atoms with Crippen LogP contribution in [0.15, 0.2) is 10.7 Å². The van der Waals surface area contributed by atoms with Crippen LogP contribution in [0.5, 0.6) is 5.88 Å². The summed E-state index contributed by atoms with van der Waals surface area (Å²) in [5, 5.41) is 0.631. The standard InChI is InChI=1S/C10H14BrN3OS/c1-7-6-14(3-4-16-7)10-12-5-8(11)9(13-10)15-2/h5,7H,3-4,6H2,1-2H3. The van der Waals surface area contributed by atoms with Gasteiger partial charge in [-0.15, -0.1) is 0 Å². The predicted octanol–water partition coefficient (Wildman–Crippen LogP) is 2.19. The van der Waals surface area contributed by atoms with Crippen molar-refractivity contribution in [3.63, 3.8) is 0 Å². The average molecular weight is 304 g/mol. The molecule has 16 heavy (non-hydrogen) atoms. The number of ether oxygens (including phenoxy) is 1. The summed E-state index contributed by atoms with van der Waals surface area (Å²) in [6, 6.07) is 0. The molecule has 1 aromatic rings. The minimum atomic E-state index is 0.593. The first kappa shape index (κ1) is 12.0. The van der Waals surface area contributed by atoms with Crippen LogP contribution >= 0.6 is 27.7 Å². The highest BCUT2D eigenvalue weighted by atomic mass is 79.9. The maximum Gasteiger partial charge on any atom is 0.232 e. The smallest absolute Gasteiger partial charge is 0.232 e. The molecule has 1 atom stereocenters. The summed E-state index contributed by atoms with van der Waals surface area (Å²) in [5.41, 5.74) is 0. The third-order valence-corrected chi connectivity index (χ3v) is 4.10. The van der Waals surface area contributed by atoms with E-state index in [1.165, 1.54) is 0 Å². The molecule has 0 N–H and O–H groups in total. The number of hydrogen-bond acceptors (Lipinski definition) is 5. The Hall–Kier alpha value is -0.490. The molecule has 1 aromatic heterocycles. The average Bonchev–Trinajstić information content (AvgIpc) is 2.29. The highest BCUT2D eigenvalue weighted by Crippen LogP contribution is 2.26. The predicted molar refractivity (Wildman–Crippen MR) is 70.4 cm³/mol. The van der Waals surface area contributed by atoms with Crippen molar-refractivity contribution in [2.24, 2.45) is 0 Å². The number of methoxy groups -OCH3 is 1. The van der Waals surface area contributed by atoms with Crippen molar-refractivity contribution < 1.29 is 4.74 Å². The summed E-state index contributed by atoms with van der Waals surface area (Å²) in [5.74, 6) is 2.48. The van der Waals surface area contributed by atoms with Crippen molar-refractivity contribution in [3.05, 3.63) is 10.7 Å². The quantitative estimate of drug-likeness (QED) is 0.837. The zero-order valence-corrected chi connectivity index (χ0v) is 11.7. The van der Waals surface area contributed by atoms with E-state index in [-0.39, 0.29) is 0 Å². The number of anilines is 1. The molecule has 2 heterocycles. The monoisotopic (exact) mass is 303 g/mol. The highest BCUT2D eigenvalue weighted by Gasteiger charge is 2.19. The second-order valence-electron chi connectivity index (χ2n) is 3.65. The van der Waals surface area contributed by atoms with Crippen LogP contribution in [0.25, 0.3) is 0 Å². The number of thioether (sulfide) groups is 1. The number of nitrogens with zero attached hydrogens (tertiary/aromatic N) is 3. The van der Waals surface area contributed by atoms with Crippen LogP contribution < -0.4 is 9.64 Å². The maximum atomic E-state index is 5.17. The molecule has 1 saturated heterocycles. The van der Waals surface area contributed by atoms with Crippen LogP contribution in [0.2, 0.25) is 0 Å². The van der Waals surface area contributed by atoms with Gasteiger partial charge < -0.3 is 9.64 Å². The molecule has 1 aliphatic rings. The summed E-state index contributed by atoms with van der Waals surface area (Å²) in [4.78, 5) is 10.9. The first-order chi connectivity index (χ1) is 7.70. The van der Waals surface area contributed by atoms with Crippen LogP contribution in [0, 0.1) is 0 Å². The second kappa shape index (κ2) is 5.23. The molecule has 88 valence electrons. The van der Waals surface area contributed by atoms with Crippen molar-refractivity contribution in [1.82, 2.24) is 9.97 Å². The van der Waals surface area contributed by atoms with E-state index < -0.39 is 0 Å². The van der Waals surface area contributed by atoms with E-state index in [2.05, 4.69) is 37.7 Å². The first-order valence-electron chi connectivity index (χ1n) is 5.14. The molecule has 2 rings (SSSR count). The second-order valence-corrected chi connectivity index (χ2v) is 6.06. The molecule has 4 nitrogen and oxygen atoms in total. The van der Waals surface area contributed by atoms with Crippen LogP contribution in [-0.2, 0) is 0 Å². The Bertz CT molecular complexity index is 377. The molecular formula is C10H14BrN3OS. The molecule has 0 spiro atoms. The number of rotatable bonds is 2. The maximum absolute atomic E-state index is 5.17.